The third-order valence-electron chi connectivity index (χ3n) is 2.49. The molecule has 1 aromatic rings. The summed E-state index contributed by atoms with van der Waals surface area (Å²) in [6.07, 6.45) is 0.499. The molecule has 102 valence electrons. The van der Waals surface area contributed by atoms with Crippen LogP contribution in [0, 0.1) is 6.92 Å². The first-order chi connectivity index (χ1) is 8.29. The van der Waals surface area contributed by atoms with E-state index < -0.39 is 0 Å². The van der Waals surface area contributed by atoms with Crippen molar-refractivity contribution in [1.29, 1.82) is 0 Å². The van der Waals surface area contributed by atoms with Crippen molar-refractivity contribution >= 4 is 17.2 Å². The Hall–Kier alpha value is -0.940. The summed E-state index contributed by atoms with van der Waals surface area (Å²) in [6.45, 7) is 10.8. The van der Waals surface area contributed by atoms with E-state index in [9.17, 15) is 4.79 Å². The van der Waals surface area contributed by atoms with Crippen LogP contribution < -0.4 is 10.6 Å². The average molecular weight is 269 g/mol. The lowest BCUT2D eigenvalue weighted by molar-refractivity contribution is -0.122. The van der Waals surface area contributed by atoms with E-state index in [4.69, 9.17) is 0 Å². The quantitative estimate of drug-likeness (QED) is 0.863. The molecule has 0 aliphatic carbocycles. The van der Waals surface area contributed by atoms with E-state index in [-0.39, 0.29) is 17.5 Å². The summed E-state index contributed by atoms with van der Waals surface area (Å²) in [5.74, 6) is 0.0863. The Morgan fingerprint density at radius 3 is 2.67 bits per heavy atom. The molecule has 0 saturated heterocycles. The summed E-state index contributed by atoms with van der Waals surface area (Å²) < 4.78 is 0. The van der Waals surface area contributed by atoms with E-state index in [1.54, 1.807) is 11.3 Å². The summed E-state index contributed by atoms with van der Waals surface area (Å²) >= 11 is 1.65. The number of thiazole rings is 1. The van der Waals surface area contributed by atoms with Crippen molar-refractivity contribution in [3.63, 3.8) is 0 Å². The van der Waals surface area contributed by atoms with E-state index in [0.717, 1.165) is 5.69 Å². The van der Waals surface area contributed by atoms with Gasteiger partial charge < -0.3 is 10.6 Å². The van der Waals surface area contributed by atoms with Crippen molar-refractivity contribution < 1.29 is 4.79 Å². The number of nitrogens with zero attached hydrogens (tertiary/aromatic N) is 1. The van der Waals surface area contributed by atoms with Crippen LogP contribution in [0.2, 0.25) is 0 Å². The highest BCUT2D eigenvalue weighted by Gasteiger charge is 2.14. The fourth-order valence-electron chi connectivity index (χ4n) is 1.70. The van der Waals surface area contributed by atoms with Crippen LogP contribution in [-0.2, 0) is 4.79 Å². The largest absolute Gasteiger partial charge is 0.351 e. The van der Waals surface area contributed by atoms with Crippen molar-refractivity contribution in [1.82, 2.24) is 15.6 Å². The first kappa shape index (κ1) is 15.1. The van der Waals surface area contributed by atoms with Gasteiger partial charge in [-0.05, 0) is 34.6 Å². The smallest absolute Gasteiger partial charge is 0.221 e. The Morgan fingerprint density at radius 2 is 2.17 bits per heavy atom. The van der Waals surface area contributed by atoms with Crippen molar-refractivity contribution in [3.8, 4) is 0 Å². The molecule has 1 atom stereocenters. The minimum atomic E-state index is -0.156. The van der Waals surface area contributed by atoms with Gasteiger partial charge in [0.1, 0.15) is 0 Å². The molecule has 0 aliphatic rings. The second-order valence-corrected chi connectivity index (χ2v) is 6.41. The maximum atomic E-state index is 11.6. The number of carbonyl (C=O) groups excluding carboxylic acids is 1. The zero-order chi connectivity index (χ0) is 13.8. The third kappa shape index (κ3) is 5.14. The molecule has 1 aromatic heterocycles. The number of aryl methyl sites for hydroxylation is 1. The molecule has 0 aromatic carbocycles. The van der Waals surface area contributed by atoms with Crippen molar-refractivity contribution in [2.45, 2.75) is 52.6 Å². The normalized spacial score (nSPS) is 13.4. The topological polar surface area (TPSA) is 54.0 Å². The lowest BCUT2D eigenvalue weighted by Gasteiger charge is -2.21. The lowest BCUT2D eigenvalue weighted by Crippen LogP contribution is -2.41. The minimum absolute atomic E-state index is 0.0863. The number of hydrogen-bond acceptors (Lipinski definition) is 4. The number of carbonyl (C=O) groups is 1. The molecule has 0 radical (unpaired) electrons. The monoisotopic (exact) mass is 269 g/mol. The fourth-order valence-corrected chi connectivity index (χ4v) is 2.54. The van der Waals surface area contributed by atoms with Gasteiger partial charge in [-0.25, -0.2) is 4.98 Å². The molecule has 5 heteroatoms. The lowest BCUT2D eigenvalue weighted by atomic mass is 10.1. The molecule has 0 aliphatic heterocycles. The molecular formula is C13H23N3OS. The van der Waals surface area contributed by atoms with Crippen LogP contribution in [0.3, 0.4) is 0 Å². The van der Waals surface area contributed by atoms with Gasteiger partial charge in [0.2, 0.25) is 5.91 Å². The molecule has 1 heterocycles. The average Bonchev–Trinajstić information content (AvgIpc) is 2.61. The second kappa shape index (κ2) is 6.29. The summed E-state index contributed by atoms with van der Waals surface area (Å²) in [6, 6.07) is 0.250. The van der Waals surface area contributed by atoms with Gasteiger partial charge in [-0.3, -0.25) is 4.79 Å². The predicted molar refractivity (Wildman–Crippen MR) is 75.8 cm³/mol. The highest BCUT2D eigenvalue weighted by Crippen LogP contribution is 2.20. The van der Waals surface area contributed by atoms with Gasteiger partial charge in [-0.15, -0.1) is 11.3 Å². The molecular weight excluding hydrogens is 246 g/mol. The number of nitrogens with one attached hydrogen (secondary N) is 2. The number of amides is 1. The van der Waals surface area contributed by atoms with Crippen LogP contribution in [0.5, 0.6) is 0 Å². The molecule has 0 fully saturated rings. The van der Waals surface area contributed by atoms with Crippen molar-refractivity contribution in [2.24, 2.45) is 0 Å². The summed E-state index contributed by atoms with van der Waals surface area (Å²) in [5.41, 5.74) is 2.77. The minimum Gasteiger partial charge on any atom is -0.351 e. The Kier molecular flexibility index (Phi) is 5.28. The first-order valence-corrected chi connectivity index (χ1v) is 7.12. The Morgan fingerprint density at radius 1 is 1.50 bits per heavy atom. The van der Waals surface area contributed by atoms with E-state index in [1.807, 2.05) is 33.2 Å². The zero-order valence-electron chi connectivity index (χ0n) is 11.8. The maximum absolute atomic E-state index is 11.6. The first-order valence-electron chi connectivity index (χ1n) is 6.24. The standard InChI is InChI=1S/C13H23N3OS/c1-9(12-10(2)15-8-18-12)14-7-6-11(17)16-13(3,4)5/h8-9,14H,6-7H2,1-5H3,(H,16,17). The molecule has 4 nitrogen and oxygen atoms in total. The van der Waals surface area contributed by atoms with Crippen LogP contribution in [-0.4, -0.2) is 23.0 Å². The summed E-state index contributed by atoms with van der Waals surface area (Å²) in [5, 5.41) is 6.30. The van der Waals surface area contributed by atoms with Gasteiger partial charge in [-0.2, -0.15) is 0 Å². The van der Waals surface area contributed by atoms with Crippen LogP contribution in [0.15, 0.2) is 5.51 Å². The summed E-state index contributed by atoms with van der Waals surface area (Å²) in [7, 11) is 0. The van der Waals surface area contributed by atoms with E-state index in [2.05, 4.69) is 22.5 Å². The van der Waals surface area contributed by atoms with E-state index in [1.165, 1.54) is 4.88 Å². The molecule has 1 unspecified atom stereocenters. The van der Waals surface area contributed by atoms with Crippen molar-refractivity contribution in [3.05, 3.63) is 16.1 Å². The predicted octanol–water partition coefficient (Wildman–Crippen LogP) is 2.41. The van der Waals surface area contributed by atoms with Crippen LogP contribution in [0.1, 0.15) is 50.7 Å². The highest BCUT2D eigenvalue weighted by molar-refractivity contribution is 7.09. The van der Waals surface area contributed by atoms with Gasteiger partial charge in [0.15, 0.2) is 0 Å². The van der Waals surface area contributed by atoms with E-state index >= 15 is 0 Å². The Bertz CT molecular complexity index is 395. The van der Waals surface area contributed by atoms with Gasteiger partial charge >= 0.3 is 0 Å². The SMILES string of the molecule is Cc1ncsc1C(C)NCCC(=O)NC(C)(C)C. The van der Waals surface area contributed by atoms with Gasteiger partial charge in [0.25, 0.3) is 0 Å². The molecule has 1 amide bonds. The zero-order valence-corrected chi connectivity index (χ0v) is 12.6. The molecule has 0 saturated carbocycles. The summed E-state index contributed by atoms with van der Waals surface area (Å²) in [4.78, 5) is 17.1. The number of aromatic nitrogens is 1. The molecule has 18 heavy (non-hydrogen) atoms. The highest BCUT2D eigenvalue weighted by atomic mass is 32.1. The molecule has 2 N–H and O–H groups in total. The van der Waals surface area contributed by atoms with Gasteiger partial charge in [0, 0.05) is 29.4 Å². The van der Waals surface area contributed by atoms with Crippen LogP contribution in [0.4, 0.5) is 0 Å². The fraction of sp³-hybridized carbons (Fsp3) is 0.692. The van der Waals surface area contributed by atoms with E-state index in [0.29, 0.717) is 13.0 Å². The molecule has 1 rings (SSSR count). The van der Waals surface area contributed by atoms with Crippen molar-refractivity contribution in [2.75, 3.05) is 6.54 Å². The number of rotatable bonds is 5. The number of hydrogen-bond donors (Lipinski definition) is 2. The Balaban J connectivity index is 2.30. The third-order valence-corrected chi connectivity index (χ3v) is 3.61. The van der Waals surface area contributed by atoms with Crippen LogP contribution in [0.25, 0.3) is 0 Å². The van der Waals surface area contributed by atoms with Crippen LogP contribution >= 0.6 is 11.3 Å². The van der Waals surface area contributed by atoms with Gasteiger partial charge in [-0.1, -0.05) is 0 Å². The molecule has 0 bridgehead atoms. The molecule has 0 spiro atoms. The van der Waals surface area contributed by atoms with Gasteiger partial charge in [0.05, 0.1) is 11.2 Å². The maximum Gasteiger partial charge on any atom is 0.221 e. The second-order valence-electron chi connectivity index (χ2n) is 5.53. The Labute approximate surface area is 113 Å².